The molecule has 4 aromatic rings. The normalized spacial score (nSPS) is 11.8. The fourth-order valence-corrected chi connectivity index (χ4v) is 3.76. The zero-order valence-electron chi connectivity index (χ0n) is 14.2. The molecule has 0 radical (unpaired) electrons. The monoisotopic (exact) mass is 335 g/mol. The van der Waals surface area contributed by atoms with E-state index in [1.165, 1.54) is 16.7 Å². The number of nitrogens with zero attached hydrogens (tertiary/aromatic N) is 1. The highest BCUT2D eigenvalue weighted by molar-refractivity contribution is 5.85. The molecule has 26 heavy (non-hydrogen) atoms. The summed E-state index contributed by atoms with van der Waals surface area (Å²) >= 11 is 0. The Morgan fingerprint density at radius 1 is 0.692 bits per heavy atom. The summed E-state index contributed by atoms with van der Waals surface area (Å²) < 4.78 is 0. The second-order valence-corrected chi connectivity index (χ2v) is 6.63. The molecule has 5 rings (SSSR count). The van der Waals surface area contributed by atoms with Gasteiger partial charge in [-0.3, -0.25) is 0 Å². The van der Waals surface area contributed by atoms with E-state index in [0.717, 1.165) is 34.5 Å². The number of hydrogen-bond donors (Lipinski definition) is 1. The summed E-state index contributed by atoms with van der Waals surface area (Å²) in [5, 5.41) is 9.97. The van der Waals surface area contributed by atoms with Crippen molar-refractivity contribution in [3.63, 3.8) is 0 Å². The average Bonchev–Trinajstić information content (AvgIpc) is 3.06. The van der Waals surface area contributed by atoms with Crippen LogP contribution in [-0.4, -0.2) is 10.1 Å². The van der Waals surface area contributed by atoms with Crippen molar-refractivity contribution in [3.05, 3.63) is 96.1 Å². The quantitative estimate of drug-likeness (QED) is 0.449. The van der Waals surface area contributed by atoms with Gasteiger partial charge in [-0.1, -0.05) is 66.7 Å². The van der Waals surface area contributed by atoms with E-state index in [1.54, 1.807) is 6.07 Å². The van der Waals surface area contributed by atoms with Crippen LogP contribution in [-0.2, 0) is 6.42 Å². The topological polar surface area (TPSA) is 33.1 Å². The van der Waals surface area contributed by atoms with Crippen molar-refractivity contribution in [2.45, 2.75) is 6.42 Å². The van der Waals surface area contributed by atoms with Crippen LogP contribution in [0.3, 0.4) is 0 Å². The second kappa shape index (κ2) is 5.85. The summed E-state index contributed by atoms with van der Waals surface area (Å²) in [7, 11) is 0. The number of fused-ring (bicyclic) bond motifs is 3. The van der Waals surface area contributed by atoms with E-state index in [-0.39, 0.29) is 5.75 Å². The molecule has 0 saturated heterocycles. The van der Waals surface area contributed by atoms with Gasteiger partial charge in [0.15, 0.2) is 0 Å². The molecule has 2 heteroatoms. The van der Waals surface area contributed by atoms with E-state index >= 15 is 0 Å². The molecule has 0 amide bonds. The van der Waals surface area contributed by atoms with Crippen LogP contribution in [0.5, 0.6) is 5.75 Å². The number of phenolic OH excluding ortho intramolecular Hbond substituents is 1. The Morgan fingerprint density at radius 2 is 1.46 bits per heavy atom. The lowest BCUT2D eigenvalue weighted by molar-refractivity contribution is 0.475. The molecule has 1 aliphatic carbocycles. The molecule has 1 aromatic heterocycles. The van der Waals surface area contributed by atoms with Gasteiger partial charge >= 0.3 is 0 Å². The van der Waals surface area contributed by atoms with Gasteiger partial charge < -0.3 is 5.11 Å². The Kier molecular flexibility index (Phi) is 3.36. The molecule has 2 nitrogen and oxygen atoms in total. The Bertz CT molecular complexity index is 1120. The van der Waals surface area contributed by atoms with E-state index in [1.807, 2.05) is 36.4 Å². The number of benzene rings is 3. The van der Waals surface area contributed by atoms with Crippen molar-refractivity contribution in [3.8, 4) is 39.4 Å². The molecule has 1 N–H and O–H groups in total. The minimum Gasteiger partial charge on any atom is -0.508 e. The summed E-state index contributed by atoms with van der Waals surface area (Å²) in [5.74, 6) is 0.282. The number of aromatic nitrogens is 1. The van der Waals surface area contributed by atoms with E-state index < -0.39 is 0 Å². The fourth-order valence-electron chi connectivity index (χ4n) is 3.76. The van der Waals surface area contributed by atoms with Gasteiger partial charge in [-0.05, 0) is 40.5 Å². The molecule has 1 aliphatic rings. The van der Waals surface area contributed by atoms with Crippen LogP contribution in [0.2, 0.25) is 0 Å². The Labute approximate surface area is 152 Å². The Morgan fingerprint density at radius 3 is 2.31 bits per heavy atom. The molecule has 3 aromatic carbocycles. The van der Waals surface area contributed by atoms with Gasteiger partial charge in [0.05, 0.1) is 11.4 Å². The van der Waals surface area contributed by atoms with Crippen LogP contribution < -0.4 is 0 Å². The molecular weight excluding hydrogens is 318 g/mol. The molecule has 124 valence electrons. The van der Waals surface area contributed by atoms with E-state index in [2.05, 4.69) is 42.5 Å². The Balaban J connectivity index is 1.80. The summed E-state index contributed by atoms with van der Waals surface area (Å²) in [6, 6.07) is 28.3. The minimum atomic E-state index is 0.282. The molecule has 0 atom stereocenters. The van der Waals surface area contributed by atoms with Crippen molar-refractivity contribution in [2.75, 3.05) is 0 Å². The lowest BCUT2D eigenvalue weighted by atomic mass is 9.96. The van der Waals surface area contributed by atoms with Crippen LogP contribution in [0.4, 0.5) is 0 Å². The lowest BCUT2D eigenvalue weighted by Gasteiger charge is -2.12. The van der Waals surface area contributed by atoms with E-state index in [9.17, 15) is 5.11 Å². The first-order valence-electron chi connectivity index (χ1n) is 8.76. The third kappa shape index (κ3) is 2.39. The smallest absolute Gasteiger partial charge is 0.116 e. The highest BCUT2D eigenvalue weighted by Crippen LogP contribution is 2.42. The second-order valence-electron chi connectivity index (χ2n) is 6.63. The maximum Gasteiger partial charge on any atom is 0.116 e. The highest BCUT2D eigenvalue weighted by Gasteiger charge is 2.24. The van der Waals surface area contributed by atoms with Gasteiger partial charge in [0, 0.05) is 17.5 Å². The number of hydrogen-bond acceptors (Lipinski definition) is 2. The molecule has 0 unspecified atom stereocenters. The van der Waals surface area contributed by atoms with Gasteiger partial charge in [-0.2, -0.15) is 0 Å². The standard InChI is InChI=1S/C24H17NO/c26-19-11-6-10-17(13-19)21-15-23(16-7-2-1-3-8-16)25-24-20-12-5-4-9-18(20)14-22(21)24/h1-13,15,26H,14H2. The molecule has 1 heterocycles. The molecule has 0 aliphatic heterocycles. The third-order valence-corrected chi connectivity index (χ3v) is 4.99. The van der Waals surface area contributed by atoms with Crippen LogP contribution in [0, 0.1) is 0 Å². The fraction of sp³-hybridized carbons (Fsp3) is 0.0417. The van der Waals surface area contributed by atoms with Crippen LogP contribution in [0.15, 0.2) is 84.9 Å². The SMILES string of the molecule is Oc1cccc(-c2cc(-c3ccccc3)nc3c2Cc2ccccc2-3)c1. The van der Waals surface area contributed by atoms with Crippen LogP contribution >= 0.6 is 0 Å². The minimum absolute atomic E-state index is 0.282. The molecule has 0 fully saturated rings. The van der Waals surface area contributed by atoms with Gasteiger partial charge in [0.25, 0.3) is 0 Å². The summed E-state index contributed by atoms with van der Waals surface area (Å²) in [6.07, 6.45) is 0.874. The van der Waals surface area contributed by atoms with Crippen LogP contribution in [0.1, 0.15) is 11.1 Å². The first kappa shape index (κ1) is 14.9. The zero-order chi connectivity index (χ0) is 17.5. The third-order valence-electron chi connectivity index (χ3n) is 4.99. The van der Waals surface area contributed by atoms with Gasteiger partial charge in [0.1, 0.15) is 5.75 Å². The number of phenols is 1. The van der Waals surface area contributed by atoms with Crippen molar-refractivity contribution in [1.29, 1.82) is 0 Å². The van der Waals surface area contributed by atoms with Crippen molar-refractivity contribution in [2.24, 2.45) is 0 Å². The lowest BCUT2D eigenvalue weighted by Crippen LogP contribution is -1.94. The van der Waals surface area contributed by atoms with Crippen molar-refractivity contribution >= 4 is 0 Å². The van der Waals surface area contributed by atoms with E-state index in [0.29, 0.717) is 0 Å². The summed E-state index contributed by atoms with van der Waals surface area (Å²) in [5.41, 5.74) is 9.02. The first-order valence-corrected chi connectivity index (χ1v) is 8.76. The molecular formula is C24H17NO. The summed E-state index contributed by atoms with van der Waals surface area (Å²) in [6.45, 7) is 0. The van der Waals surface area contributed by atoms with Gasteiger partial charge in [0.2, 0.25) is 0 Å². The zero-order valence-corrected chi connectivity index (χ0v) is 14.2. The number of aromatic hydroxyl groups is 1. The van der Waals surface area contributed by atoms with Crippen molar-refractivity contribution < 1.29 is 5.11 Å². The predicted molar refractivity (Wildman–Crippen MR) is 105 cm³/mol. The number of rotatable bonds is 2. The predicted octanol–water partition coefficient (Wildman–Crippen LogP) is 5.69. The average molecular weight is 335 g/mol. The van der Waals surface area contributed by atoms with Crippen molar-refractivity contribution in [1.82, 2.24) is 4.98 Å². The van der Waals surface area contributed by atoms with Crippen LogP contribution in [0.25, 0.3) is 33.6 Å². The first-order chi connectivity index (χ1) is 12.8. The maximum absolute atomic E-state index is 9.97. The molecule has 0 saturated carbocycles. The van der Waals surface area contributed by atoms with Gasteiger partial charge in [-0.25, -0.2) is 4.98 Å². The summed E-state index contributed by atoms with van der Waals surface area (Å²) in [4.78, 5) is 5.01. The largest absolute Gasteiger partial charge is 0.508 e. The molecule has 0 bridgehead atoms. The Hall–Kier alpha value is -3.39. The highest BCUT2D eigenvalue weighted by atomic mass is 16.3. The molecule has 0 spiro atoms. The van der Waals surface area contributed by atoms with Gasteiger partial charge in [-0.15, -0.1) is 0 Å². The maximum atomic E-state index is 9.97. The number of pyridine rings is 1. The van der Waals surface area contributed by atoms with E-state index in [4.69, 9.17) is 4.98 Å².